The Morgan fingerprint density at radius 3 is 2.48 bits per heavy atom. The minimum absolute atomic E-state index is 0.197. The first kappa shape index (κ1) is 15.4. The summed E-state index contributed by atoms with van der Waals surface area (Å²) in [5.41, 5.74) is 1.02. The molecular weight excluding hydrogens is 272 g/mol. The summed E-state index contributed by atoms with van der Waals surface area (Å²) in [6.07, 6.45) is 0.197. The van der Waals surface area contributed by atoms with Crippen LogP contribution in [0.4, 0.5) is 5.69 Å². The Morgan fingerprint density at radius 2 is 1.90 bits per heavy atom. The molecule has 0 unspecified atom stereocenters. The summed E-state index contributed by atoms with van der Waals surface area (Å²) in [6, 6.07) is 5.77. The normalized spacial score (nSPS) is 15.8. The third-order valence-electron chi connectivity index (χ3n) is 3.74. The molecule has 0 aromatic heterocycles. The first-order valence-corrected chi connectivity index (χ1v) is 7.05. The molecule has 1 aromatic rings. The van der Waals surface area contributed by atoms with E-state index in [9.17, 15) is 4.79 Å². The molecule has 0 saturated carbocycles. The van der Waals surface area contributed by atoms with E-state index in [-0.39, 0.29) is 6.42 Å². The van der Waals surface area contributed by atoms with Gasteiger partial charge in [-0.3, -0.25) is 9.69 Å². The van der Waals surface area contributed by atoms with Gasteiger partial charge in [0.1, 0.15) is 11.5 Å². The maximum absolute atomic E-state index is 10.6. The molecule has 6 heteroatoms. The van der Waals surface area contributed by atoms with Crippen molar-refractivity contribution in [3.8, 4) is 11.5 Å². The summed E-state index contributed by atoms with van der Waals surface area (Å²) in [6.45, 7) is 4.02. The van der Waals surface area contributed by atoms with Gasteiger partial charge in [-0.2, -0.15) is 0 Å². The highest BCUT2D eigenvalue weighted by Gasteiger charge is 2.20. The first-order valence-electron chi connectivity index (χ1n) is 7.05. The van der Waals surface area contributed by atoms with Crippen LogP contribution in [0, 0.1) is 0 Å². The summed E-state index contributed by atoms with van der Waals surface area (Å²) in [4.78, 5) is 15.0. The second kappa shape index (κ2) is 7.17. The smallest absolute Gasteiger partial charge is 0.304 e. The third-order valence-corrected chi connectivity index (χ3v) is 3.74. The van der Waals surface area contributed by atoms with Gasteiger partial charge in [0.05, 0.1) is 26.3 Å². The highest BCUT2D eigenvalue weighted by molar-refractivity contribution is 5.67. The molecule has 1 heterocycles. The molecule has 1 aromatic carbocycles. The van der Waals surface area contributed by atoms with Crippen molar-refractivity contribution in [1.29, 1.82) is 0 Å². The van der Waals surface area contributed by atoms with Crippen molar-refractivity contribution in [3.05, 3.63) is 18.2 Å². The van der Waals surface area contributed by atoms with E-state index in [1.165, 1.54) is 0 Å². The molecule has 0 atom stereocenters. The van der Waals surface area contributed by atoms with Crippen LogP contribution in [0.15, 0.2) is 18.2 Å². The fourth-order valence-corrected chi connectivity index (χ4v) is 2.51. The summed E-state index contributed by atoms with van der Waals surface area (Å²) >= 11 is 0. The number of hydrogen-bond acceptors (Lipinski definition) is 5. The Bertz CT molecular complexity index is 485. The molecule has 0 spiro atoms. The number of hydrogen-bond donors (Lipinski definition) is 1. The average Bonchev–Trinajstić information content (AvgIpc) is 2.52. The molecule has 1 aliphatic rings. The van der Waals surface area contributed by atoms with Crippen LogP contribution in [-0.4, -0.2) is 62.9 Å². The van der Waals surface area contributed by atoms with E-state index in [1.54, 1.807) is 14.2 Å². The molecule has 0 radical (unpaired) electrons. The largest absolute Gasteiger partial charge is 0.497 e. The topological polar surface area (TPSA) is 62.2 Å². The van der Waals surface area contributed by atoms with Crippen molar-refractivity contribution >= 4 is 11.7 Å². The standard InChI is InChI=1S/C15H22N2O4/c1-20-12-3-4-14(21-2)13(11-12)17-9-7-16(8-10-17)6-5-15(18)19/h3-4,11H,5-10H2,1-2H3,(H,18,19). The van der Waals surface area contributed by atoms with E-state index in [0.717, 1.165) is 43.4 Å². The monoisotopic (exact) mass is 294 g/mol. The molecule has 21 heavy (non-hydrogen) atoms. The number of ether oxygens (including phenoxy) is 2. The number of anilines is 1. The van der Waals surface area contributed by atoms with Gasteiger partial charge in [0.25, 0.3) is 0 Å². The fourth-order valence-electron chi connectivity index (χ4n) is 2.51. The van der Waals surface area contributed by atoms with E-state index >= 15 is 0 Å². The highest BCUT2D eigenvalue weighted by Crippen LogP contribution is 2.32. The number of carboxylic acids is 1. The van der Waals surface area contributed by atoms with Crippen molar-refractivity contribution < 1.29 is 19.4 Å². The Morgan fingerprint density at radius 1 is 1.19 bits per heavy atom. The zero-order chi connectivity index (χ0) is 15.2. The van der Waals surface area contributed by atoms with Crippen molar-refractivity contribution in [3.63, 3.8) is 0 Å². The Balaban J connectivity index is 1.99. The number of benzene rings is 1. The fraction of sp³-hybridized carbons (Fsp3) is 0.533. The van der Waals surface area contributed by atoms with Crippen LogP contribution in [0.5, 0.6) is 11.5 Å². The van der Waals surface area contributed by atoms with Crippen LogP contribution in [0.1, 0.15) is 6.42 Å². The van der Waals surface area contributed by atoms with E-state index in [0.29, 0.717) is 6.54 Å². The van der Waals surface area contributed by atoms with Crippen LogP contribution in [0.3, 0.4) is 0 Å². The van der Waals surface area contributed by atoms with Gasteiger partial charge in [-0.1, -0.05) is 0 Å². The van der Waals surface area contributed by atoms with Crippen LogP contribution in [-0.2, 0) is 4.79 Å². The van der Waals surface area contributed by atoms with Gasteiger partial charge >= 0.3 is 5.97 Å². The van der Waals surface area contributed by atoms with Crippen molar-refractivity contribution in [2.75, 3.05) is 51.8 Å². The van der Waals surface area contributed by atoms with Crippen molar-refractivity contribution in [2.24, 2.45) is 0 Å². The van der Waals surface area contributed by atoms with Gasteiger partial charge in [-0.25, -0.2) is 0 Å². The van der Waals surface area contributed by atoms with Gasteiger partial charge in [-0.05, 0) is 12.1 Å². The zero-order valence-corrected chi connectivity index (χ0v) is 12.5. The number of rotatable bonds is 6. The van der Waals surface area contributed by atoms with Crippen LogP contribution >= 0.6 is 0 Å². The number of nitrogens with zero attached hydrogens (tertiary/aromatic N) is 2. The van der Waals surface area contributed by atoms with Gasteiger partial charge in [0.15, 0.2) is 0 Å². The summed E-state index contributed by atoms with van der Waals surface area (Å²) in [5, 5.41) is 8.73. The number of aliphatic carboxylic acids is 1. The second-order valence-corrected chi connectivity index (χ2v) is 5.01. The average molecular weight is 294 g/mol. The molecule has 0 amide bonds. The predicted octanol–water partition coefficient (Wildman–Crippen LogP) is 1.30. The van der Waals surface area contributed by atoms with E-state index < -0.39 is 5.97 Å². The number of carboxylic acid groups (broad SMARTS) is 1. The zero-order valence-electron chi connectivity index (χ0n) is 12.5. The lowest BCUT2D eigenvalue weighted by Crippen LogP contribution is -2.47. The molecule has 116 valence electrons. The van der Waals surface area contributed by atoms with Crippen LogP contribution in [0.2, 0.25) is 0 Å². The quantitative estimate of drug-likeness (QED) is 0.853. The van der Waals surface area contributed by atoms with Crippen molar-refractivity contribution in [2.45, 2.75) is 6.42 Å². The third kappa shape index (κ3) is 4.01. The Hall–Kier alpha value is -1.95. The summed E-state index contributed by atoms with van der Waals surface area (Å²) in [5.74, 6) is 0.890. The minimum atomic E-state index is -0.744. The first-order chi connectivity index (χ1) is 10.1. The number of piperazine rings is 1. The van der Waals surface area contributed by atoms with E-state index in [1.807, 2.05) is 18.2 Å². The molecule has 1 saturated heterocycles. The lowest BCUT2D eigenvalue weighted by atomic mass is 10.2. The van der Waals surface area contributed by atoms with Crippen LogP contribution in [0.25, 0.3) is 0 Å². The molecule has 1 fully saturated rings. The van der Waals surface area contributed by atoms with Gasteiger partial charge in [0, 0.05) is 38.8 Å². The van der Waals surface area contributed by atoms with E-state index in [4.69, 9.17) is 14.6 Å². The van der Waals surface area contributed by atoms with E-state index in [2.05, 4.69) is 9.80 Å². The molecular formula is C15H22N2O4. The maximum Gasteiger partial charge on any atom is 0.304 e. The van der Waals surface area contributed by atoms with Gasteiger partial charge in [-0.15, -0.1) is 0 Å². The predicted molar refractivity (Wildman–Crippen MR) is 80.5 cm³/mol. The Kier molecular flexibility index (Phi) is 5.27. The van der Waals surface area contributed by atoms with Crippen molar-refractivity contribution in [1.82, 2.24) is 4.90 Å². The highest BCUT2D eigenvalue weighted by atomic mass is 16.5. The molecule has 1 aliphatic heterocycles. The second-order valence-electron chi connectivity index (χ2n) is 5.01. The number of methoxy groups -OCH3 is 2. The lowest BCUT2D eigenvalue weighted by Gasteiger charge is -2.36. The molecule has 2 rings (SSSR count). The number of carbonyl (C=O) groups is 1. The summed E-state index contributed by atoms with van der Waals surface area (Å²) < 4.78 is 10.7. The molecule has 1 N–H and O–H groups in total. The van der Waals surface area contributed by atoms with Gasteiger partial charge in [0.2, 0.25) is 0 Å². The minimum Gasteiger partial charge on any atom is -0.497 e. The summed E-state index contributed by atoms with van der Waals surface area (Å²) in [7, 11) is 3.31. The molecule has 6 nitrogen and oxygen atoms in total. The SMILES string of the molecule is COc1ccc(OC)c(N2CCN(CCC(=O)O)CC2)c1. The molecule has 0 bridgehead atoms. The maximum atomic E-state index is 10.6. The lowest BCUT2D eigenvalue weighted by molar-refractivity contribution is -0.137. The molecule has 0 aliphatic carbocycles. The Labute approximate surface area is 124 Å². The van der Waals surface area contributed by atoms with Crippen LogP contribution < -0.4 is 14.4 Å². The van der Waals surface area contributed by atoms with Gasteiger partial charge < -0.3 is 19.5 Å².